The fraction of sp³-hybridized carbons (Fsp3) is 0.0952. The van der Waals surface area contributed by atoms with Gasteiger partial charge >= 0.3 is 5.69 Å². The largest absolute Gasteiger partial charge is 0.323 e. The van der Waals surface area contributed by atoms with Gasteiger partial charge in [0.25, 0.3) is 0 Å². The Labute approximate surface area is 162 Å². The van der Waals surface area contributed by atoms with Gasteiger partial charge in [0.2, 0.25) is 10.0 Å². The summed E-state index contributed by atoms with van der Waals surface area (Å²) in [5, 5.41) is 0. The van der Waals surface area contributed by atoms with Crippen LogP contribution in [0.25, 0.3) is 11.0 Å². The molecule has 0 spiro atoms. The first-order valence-corrected chi connectivity index (χ1v) is 10.3. The molecule has 0 atom stereocenters. The van der Waals surface area contributed by atoms with E-state index in [0.717, 1.165) is 11.1 Å². The van der Waals surface area contributed by atoms with Crippen LogP contribution in [-0.4, -0.2) is 24.9 Å². The maximum absolute atomic E-state index is 12.8. The molecule has 28 heavy (non-hydrogen) atoms. The van der Waals surface area contributed by atoms with Gasteiger partial charge in [-0.05, 0) is 29.3 Å². The molecule has 0 aliphatic heterocycles. The van der Waals surface area contributed by atoms with E-state index >= 15 is 0 Å². The highest BCUT2D eigenvalue weighted by Crippen LogP contribution is 2.24. The summed E-state index contributed by atoms with van der Waals surface area (Å²) >= 11 is 0. The third-order valence-corrected chi connectivity index (χ3v) is 6.10. The van der Waals surface area contributed by atoms with E-state index in [1.54, 1.807) is 6.07 Å². The molecule has 0 aliphatic carbocycles. The molecule has 0 saturated carbocycles. The number of nitrogens with one attached hydrogen (secondary N) is 3. The molecule has 4 rings (SSSR count). The van der Waals surface area contributed by atoms with Crippen molar-refractivity contribution < 1.29 is 8.42 Å². The number of aromatic nitrogens is 2. The van der Waals surface area contributed by atoms with Crippen LogP contribution in [0.4, 0.5) is 0 Å². The first kappa shape index (κ1) is 18.2. The van der Waals surface area contributed by atoms with Crippen molar-refractivity contribution in [2.45, 2.75) is 10.8 Å². The van der Waals surface area contributed by atoms with Gasteiger partial charge in [-0.2, -0.15) is 0 Å². The Balaban J connectivity index is 1.62. The molecule has 1 aromatic heterocycles. The maximum Gasteiger partial charge on any atom is 0.323 e. The Kier molecular flexibility index (Phi) is 4.85. The summed E-state index contributed by atoms with van der Waals surface area (Å²) in [6, 6.07) is 24.1. The van der Waals surface area contributed by atoms with Crippen LogP contribution in [0.5, 0.6) is 0 Å². The van der Waals surface area contributed by atoms with Crippen LogP contribution in [0, 0.1) is 0 Å². The zero-order chi connectivity index (χ0) is 19.6. The van der Waals surface area contributed by atoms with Crippen molar-refractivity contribution in [3.8, 4) is 0 Å². The highest BCUT2D eigenvalue weighted by molar-refractivity contribution is 7.89. The molecule has 4 aromatic rings. The SMILES string of the molecule is O=c1[nH]c2ccc(S(=O)(=O)NCC(c3ccccc3)c3ccccc3)cc2[nH]1. The summed E-state index contributed by atoms with van der Waals surface area (Å²) < 4.78 is 28.4. The van der Waals surface area contributed by atoms with Crippen LogP contribution in [0.3, 0.4) is 0 Å². The molecule has 3 aromatic carbocycles. The fourth-order valence-corrected chi connectivity index (χ4v) is 4.33. The molecule has 0 radical (unpaired) electrons. The van der Waals surface area contributed by atoms with Crippen LogP contribution in [0.1, 0.15) is 17.0 Å². The Morgan fingerprint density at radius 1 is 0.786 bits per heavy atom. The van der Waals surface area contributed by atoms with Gasteiger partial charge in [0.1, 0.15) is 0 Å². The van der Waals surface area contributed by atoms with Crippen molar-refractivity contribution in [1.29, 1.82) is 0 Å². The Bertz CT molecular complexity index is 1210. The first-order chi connectivity index (χ1) is 13.5. The lowest BCUT2D eigenvalue weighted by Crippen LogP contribution is -2.29. The lowest BCUT2D eigenvalue weighted by Gasteiger charge is -2.19. The fourth-order valence-electron chi connectivity index (χ4n) is 3.25. The minimum Gasteiger partial charge on any atom is -0.306 e. The van der Waals surface area contributed by atoms with Gasteiger partial charge in [-0.25, -0.2) is 17.9 Å². The topological polar surface area (TPSA) is 94.8 Å². The van der Waals surface area contributed by atoms with Gasteiger partial charge in [-0.15, -0.1) is 0 Å². The second kappa shape index (κ2) is 7.46. The molecule has 142 valence electrons. The van der Waals surface area contributed by atoms with E-state index in [9.17, 15) is 13.2 Å². The predicted molar refractivity (Wildman–Crippen MR) is 109 cm³/mol. The molecule has 1 heterocycles. The monoisotopic (exact) mass is 393 g/mol. The summed E-state index contributed by atoms with van der Waals surface area (Å²) in [5.74, 6) is -0.118. The zero-order valence-corrected chi connectivity index (χ0v) is 15.7. The third-order valence-electron chi connectivity index (χ3n) is 4.68. The van der Waals surface area contributed by atoms with Gasteiger partial charge in [-0.1, -0.05) is 60.7 Å². The van der Waals surface area contributed by atoms with Crippen molar-refractivity contribution in [3.05, 3.63) is 100 Å². The van der Waals surface area contributed by atoms with E-state index in [0.29, 0.717) is 11.0 Å². The van der Waals surface area contributed by atoms with Crippen LogP contribution >= 0.6 is 0 Å². The molecule has 3 N–H and O–H groups in total. The van der Waals surface area contributed by atoms with Gasteiger partial charge in [-0.3, -0.25) is 0 Å². The summed E-state index contributed by atoms with van der Waals surface area (Å²) in [6.45, 7) is 0.220. The van der Waals surface area contributed by atoms with Gasteiger partial charge < -0.3 is 9.97 Å². The molecule has 0 aliphatic rings. The van der Waals surface area contributed by atoms with Crippen molar-refractivity contribution in [1.82, 2.24) is 14.7 Å². The predicted octanol–water partition coefficient (Wildman–Crippen LogP) is 2.97. The molecule has 6 nitrogen and oxygen atoms in total. The standard InChI is InChI=1S/C21H19N3O3S/c25-21-23-19-12-11-17(13-20(19)24-21)28(26,27)22-14-18(15-7-3-1-4-8-15)16-9-5-2-6-10-16/h1-13,18,22H,14H2,(H2,23,24,25). The molecule has 0 bridgehead atoms. The van der Waals surface area contributed by atoms with Crippen molar-refractivity contribution >= 4 is 21.1 Å². The second-order valence-corrected chi connectivity index (χ2v) is 8.28. The van der Waals surface area contributed by atoms with Crippen LogP contribution in [0.2, 0.25) is 0 Å². The number of sulfonamides is 1. The molecular formula is C21H19N3O3S. The second-order valence-electron chi connectivity index (χ2n) is 6.51. The maximum atomic E-state index is 12.8. The van der Waals surface area contributed by atoms with Gasteiger partial charge in [0, 0.05) is 12.5 Å². The zero-order valence-electron chi connectivity index (χ0n) is 14.9. The highest BCUT2D eigenvalue weighted by atomic mass is 32.2. The van der Waals surface area contributed by atoms with Crippen LogP contribution in [-0.2, 0) is 10.0 Å². The summed E-state index contributed by atoms with van der Waals surface area (Å²) in [5.41, 5.74) is 2.71. The normalized spacial score (nSPS) is 11.9. The average molecular weight is 393 g/mol. The smallest absolute Gasteiger partial charge is 0.306 e. The number of benzene rings is 3. The van der Waals surface area contributed by atoms with E-state index < -0.39 is 10.0 Å². The molecule has 0 saturated heterocycles. The summed E-state index contributed by atoms with van der Waals surface area (Å²) in [4.78, 5) is 16.7. The van der Waals surface area contributed by atoms with Gasteiger partial charge in [0.05, 0.1) is 15.9 Å². The van der Waals surface area contributed by atoms with E-state index in [1.807, 2.05) is 60.7 Å². The Hall–Kier alpha value is -3.16. The Morgan fingerprint density at radius 2 is 1.36 bits per heavy atom. The minimum atomic E-state index is -3.74. The van der Waals surface area contributed by atoms with Crippen LogP contribution < -0.4 is 10.4 Å². The third kappa shape index (κ3) is 3.76. The number of rotatable bonds is 6. The molecule has 0 unspecified atom stereocenters. The Morgan fingerprint density at radius 3 is 1.96 bits per heavy atom. The summed E-state index contributed by atoms with van der Waals surface area (Å²) in [7, 11) is -3.74. The number of hydrogen-bond donors (Lipinski definition) is 3. The van der Waals surface area contributed by atoms with E-state index in [1.165, 1.54) is 12.1 Å². The highest BCUT2D eigenvalue weighted by Gasteiger charge is 2.20. The molecule has 0 amide bonds. The number of fused-ring (bicyclic) bond motifs is 1. The van der Waals surface area contributed by atoms with E-state index in [-0.39, 0.29) is 23.0 Å². The molecule has 0 fully saturated rings. The lowest BCUT2D eigenvalue weighted by molar-refractivity contribution is 0.577. The molecule has 7 heteroatoms. The number of H-pyrrole nitrogens is 2. The van der Waals surface area contributed by atoms with Crippen molar-refractivity contribution in [2.75, 3.05) is 6.54 Å². The van der Waals surface area contributed by atoms with Gasteiger partial charge in [0.15, 0.2) is 0 Å². The number of hydrogen-bond acceptors (Lipinski definition) is 3. The van der Waals surface area contributed by atoms with E-state index in [2.05, 4.69) is 14.7 Å². The lowest BCUT2D eigenvalue weighted by atomic mass is 9.92. The minimum absolute atomic E-state index is 0.107. The van der Waals surface area contributed by atoms with Crippen molar-refractivity contribution in [3.63, 3.8) is 0 Å². The average Bonchev–Trinajstić information content (AvgIpc) is 3.09. The number of aromatic amines is 2. The van der Waals surface area contributed by atoms with Crippen LogP contribution in [0.15, 0.2) is 88.6 Å². The quantitative estimate of drug-likeness (QED) is 0.470. The van der Waals surface area contributed by atoms with Crippen molar-refractivity contribution in [2.24, 2.45) is 0 Å². The number of imidazole rings is 1. The molecular weight excluding hydrogens is 374 g/mol. The van der Waals surface area contributed by atoms with E-state index in [4.69, 9.17) is 0 Å². The summed E-state index contributed by atoms with van der Waals surface area (Å²) in [6.07, 6.45) is 0. The first-order valence-electron chi connectivity index (χ1n) is 8.84.